The summed E-state index contributed by atoms with van der Waals surface area (Å²) in [4.78, 5) is 0. The van der Waals surface area contributed by atoms with Gasteiger partial charge in [0.25, 0.3) is 0 Å². The highest BCUT2D eigenvalue weighted by atomic mass is 127. The van der Waals surface area contributed by atoms with Crippen molar-refractivity contribution in [3.63, 3.8) is 0 Å². The molecular formula is C14H11FINO2. The van der Waals surface area contributed by atoms with Crippen molar-refractivity contribution in [3.05, 3.63) is 63.0 Å². The van der Waals surface area contributed by atoms with Crippen LogP contribution in [0.4, 0.5) is 4.39 Å². The van der Waals surface area contributed by atoms with E-state index in [1.165, 1.54) is 12.3 Å². The minimum Gasteiger partial charge on any atom is -0.488 e. The third-order valence-corrected chi connectivity index (χ3v) is 3.35. The Morgan fingerprint density at radius 1 is 1.26 bits per heavy atom. The third kappa shape index (κ3) is 3.66. The van der Waals surface area contributed by atoms with Crippen LogP contribution in [0.2, 0.25) is 0 Å². The summed E-state index contributed by atoms with van der Waals surface area (Å²) in [6.07, 6.45) is 1.34. The molecule has 0 spiro atoms. The van der Waals surface area contributed by atoms with Crippen molar-refractivity contribution in [2.24, 2.45) is 5.16 Å². The van der Waals surface area contributed by atoms with Crippen LogP contribution < -0.4 is 4.74 Å². The van der Waals surface area contributed by atoms with Crippen LogP contribution in [0, 0.1) is 9.39 Å². The largest absolute Gasteiger partial charge is 0.488 e. The first kappa shape index (κ1) is 13.8. The van der Waals surface area contributed by atoms with E-state index in [-0.39, 0.29) is 12.4 Å². The molecule has 98 valence electrons. The van der Waals surface area contributed by atoms with Gasteiger partial charge in [-0.1, -0.05) is 23.4 Å². The van der Waals surface area contributed by atoms with Crippen LogP contribution in [-0.2, 0) is 6.61 Å². The summed E-state index contributed by atoms with van der Waals surface area (Å²) in [7, 11) is 0. The van der Waals surface area contributed by atoms with E-state index in [0.717, 1.165) is 9.13 Å². The molecule has 0 saturated carbocycles. The average molecular weight is 371 g/mol. The van der Waals surface area contributed by atoms with Gasteiger partial charge in [0.2, 0.25) is 0 Å². The summed E-state index contributed by atoms with van der Waals surface area (Å²) in [6.45, 7) is 0.177. The van der Waals surface area contributed by atoms with Crippen molar-refractivity contribution in [1.82, 2.24) is 0 Å². The topological polar surface area (TPSA) is 41.8 Å². The Labute approximate surface area is 123 Å². The molecule has 0 saturated heterocycles. The van der Waals surface area contributed by atoms with Crippen LogP contribution in [0.15, 0.2) is 47.6 Å². The second-order valence-corrected chi connectivity index (χ2v) is 4.98. The lowest BCUT2D eigenvalue weighted by atomic mass is 10.2. The van der Waals surface area contributed by atoms with Gasteiger partial charge in [-0.05, 0) is 52.4 Å². The van der Waals surface area contributed by atoms with Gasteiger partial charge in [-0.3, -0.25) is 0 Å². The van der Waals surface area contributed by atoms with Gasteiger partial charge in [0, 0.05) is 5.56 Å². The Balaban J connectivity index is 2.10. The van der Waals surface area contributed by atoms with Crippen molar-refractivity contribution in [3.8, 4) is 5.75 Å². The highest BCUT2D eigenvalue weighted by molar-refractivity contribution is 14.1. The minimum atomic E-state index is -0.276. The molecule has 0 aliphatic rings. The maximum absolute atomic E-state index is 13.4. The van der Waals surface area contributed by atoms with E-state index in [2.05, 4.69) is 27.7 Å². The fourth-order valence-corrected chi connectivity index (χ4v) is 2.25. The number of benzene rings is 2. The Morgan fingerprint density at radius 3 is 2.74 bits per heavy atom. The number of rotatable bonds is 4. The molecule has 0 heterocycles. The molecule has 0 atom stereocenters. The number of oxime groups is 1. The van der Waals surface area contributed by atoms with E-state index in [9.17, 15) is 4.39 Å². The molecule has 0 aromatic heterocycles. The number of ether oxygens (including phenoxy) is 1. The Bertz CT molecular complexity index is 602. The molecule has 19 heavy (non-hydrogen) atoms. The predicted octanol–water partition coefficient (Wildman–Crippen LogP) is 3.82. The highest BCUT2D eigenvalue weighted by Crippen LogP contribution is 2.23. The van der Waals surface area contributed by atoms with Gasteiger partial charge in [0.1, 0.15) is 18.2 Å². The molecule has 2 aromatic rings. The Morgan fingerprint density at radius 2 is 2.05 bits per heavy atom. The fraction of sp³-hybridized carbons (Fsp3) is 0.0714. The molecule has 0 aliphatic heterocycles. The van der Waals surface area contributed by atoms with Gasteiger partial charge in [-0.2, -0.15) is 0 Å². The zero-order valence-corrected chi connectivity index (χ0v) is 12.0. The molecule has 5 heteroatoms. The van der Waals surface area contributed by atoms with Crippen molar-refractivity contribution >= 4 is 28.8 Å². The number of hydrogen-bond acceptors (Lipinski definition) is 3. The van der Waals surface area contributed by atoms with Crippen LogP contribution in [0.3, 0.4) is 0 Å². The maximum atomic E-state index is 13.4. The van der Waals surface area contributed by atoms with E-state index < -0.39 is 0 Å². The maximum Gasteiger partial charge on any atom is 0.133 e. The van der Waals surface area contributed by atoms with Gasteiger partial charge in [-0.15, -0.1) is 0 Å². The number of nitrogens with zero attached hydrogens (tertiary/aromatic N) is 1. The predicted molar refractivity (Wildman–Crippen MR) is 79.3 cm³/mol. The molecule has 0 aliphatic carbocycles. The van der Waals surface area contributed by atoms with Crippen molar-refractivity contribution < 1.29 is 14.3 Å². The summed E-state index contributed by atoms with van der Waals surface area (Å²) in [5.41, 5.74) is 1.28. The highest BCUT2D eigenvalue weighted by Gasteiger charge is 2.05. The summed E-state index contributed by atoms with van der Waals surface area (Å²) in [5, 5.41) is 11.4. The summed E-state index contributed by atoms with van der Waals surface area (Å²) in [5.74, 6) is 0.389. The normalized spacial score (nSPS) is 10.8. The minimum absolute atomic E-state index is 0.177. The first-order valence-corrected chi connectivity index (χ1v) is 6.62. The molecule has 0 amide bonds. The van der Waals surface area contributed by atoms with Gasteiger partial charge >= 0.3 is 0 Å². The summed E-state index contributed by atoms with van der Waals surface area (Å²) in [6, 6.07) is 11.9. The van der Waals surface area contributed by atoms with Gasteiger partial charge in [0.05, 0.1) is 9.78 Å². The average Bonchev–Trinajstić information content (AvgIpc) is 2.40. The van der Waals surface area contributed by atoms with Crippen LogP contribution >= 0.6 is 22.6 Å². The van der Waals surface area contributed by atoms with E-state index in [1.807, 2.05) is 6.07 Å². The lowest BCUT2D eigenvalue weighted by Gasteiger charge is -2.09. The van der Waals surface area contributed by atoms with Crippen LogP contribution in [0.1, 0.15) is 11.1 Å². The molecule has 1 N–H and O–H groups in total. The number of hydrogen-bond donors (Lipinski definition) is 1. The van der Waals surface area contributed by atoms with Gasteiger partial charge in [0.15, 0.2) is 0 Å². The molecule has 2 rings (SSSR count). The van der Waals surface area contributed by atoms with Crippen molar-refractivity contribution in [1.29, 1.82) is 0 Å². The fourth-order valence-electron chi connectivity index (χ4n) is 1.55. The van der Waals surface area contributed by atoms with E-state index in [1.54, 1.807) is 30.3 Å². The second-order valence-electron chi connectivity index (χ2n) is 3.81. The molecule has 2 aromatic carbocycles. The van der Waals surface area contributed by atoms with Gasteiger partial charge < -0.3 is 9.94 Å². The van der Waals surface area contributed by atoms with Crippen LogP contribution in [0.5, 0.6) is 5.75 Å². The van der Waals surface area contributed by atoms with Crippen LogP contribution in [-0.4, -0.2) is 11.4 Å². The standard InChI is InChI=1S/C14H11FINO2/c15-12-4-2-1-3-11(12)9-19-14-6-5-10(8-17-18)7-13(14)16/h1-8,18H,9H2/b17-8+. The molecule has 3 nitrogen and oxygen atoms in total. The first-order valence-electron chi connectivity index (χ1n) is 5.54. The SMILES string of the molecule is O/N=C/c1ccc(OCc2ccccc2F)c(I)c1. The van der Waals surface area contributed by atoms with E-state index in [4.69, 9.17) is 9.94 Å². The van der Waals surface area contributed by atoms with Crippen molar-refractivity contribution in [2.45, 2.75) is 6.61 Å². The lowest BCUT2D eigenvalue weighted by molar-refractivity contribution is 0.297. The first-order chi connectivity index (χ1) is 9.20. The Kier molecular flexibility index (Phi) is 4.73. The third-order valence-electron chi connectivity index (χ3n) is 2.50. The van der Waals surface area contributed by atoms with Gasteiger partial charge in [-0.25, -0.2) is 4.39 Å². The molecule has 0 radical (unpaired) electrons. The lowest BCUT2D eigenvalue weighted by Crippen LogP contribution is -1.99. The second kappa shape index (κ2) is 6.51. The zero-order chi connectivity index (χ0) is 13.7. The van der Waals surface area contributed by atoms with E-state index >= 15 is 0 Å². The monoisotopic (exact) mass is 371 g/mol. The zero-order valence-electron chi connectivity index (χ0n) is 9.88. The van der Waals surface area contributed by atoms with Crippen molar-refractivity contribution in [2.75, 3.05) is 0 Å². The molecule has 0 fully saturated rings. The quantitative estimate of drug-likeness (QED) is 0.384. The van der Waals surface area contributed by atoms with Crippen LogP contribution in [0.25, 0.3) is 0 Å². The number of halogens is 2. The molecular weight excluding hydrogens is 360 g/mol. The van der Waals surface area contributed by atoms with E-state index in [0.29, 0.717) is 11.3 Å². The summed E-state index contributed by atoms with van der Waals surface area (Å²) < 4.78 is 19.9. The molecule has 0 bridgehead atoms. The Hall–Kier alpha value is -1.63. The molecule has 0 unspecified atom stereocenters. The summed E-state index contributed by atoms with van der Waals surface area (Å²) >= 11 is 2.12. The smallest absolute Gasteiger partial charge is 0.133 e.